The Morgan fingerprint density at radius 3 is 2.06 bits per heavy atom. The van der Waals surface area contributed by atoms with Crippen LogP contribution in [-0.2, 0) is 4.79 Å². The molecule has 2 aromatic carbocycles. The number of nitrogens with zero attached hydrogens (tertiary/aromatic N) is 3. The zero-order valence-corrected chi connectivity index (χ0v) is 17.8. The second kappa shape index (κ2) is 9.71. The molecule has 2 aromatic rings. The van der Waals surface area contributed by atoms with Crippen molar-refractivity contribution in [1.29, 1.82) is 0 Å². The molecular formula is C22H24F2N4O4. The minimum Gasteiger partial charge on any atom is -0.368 e. The summed E-state index contributed by atoms with van der Waals surface area (Å²) in [6, 6.07) is 8.39. The summed E-state index contributed by atoms with van der Waals surface area (Å²) in [5.41, 5.74) is 0.102. The molecule has 170 valence electrons. The first-order chi connectivity index (χ1) is 15.2. The zero-order chi connectivity index (χ0) is 23.4. The molecule has 0 saturated carbocycles. The van der Waals surface area contributed by atoms with Gasteiger partial charge >= 0.3 is 0 Å². The van der Waals surface area contributed by atoms with Crippen LogP contribution in [0.15, 0.2) is 42.5 Å². The maximum Gasteiger partial charge on any atom is 0.269 e. The number of piperazine rings is 1. The molecule has 32 heavy (non-hydrogen) atoms. The highest BCUT2D eigenvalue weighted by molar-refractivity contribution is 5.98. The van der Waals surface area contributed by atoms with Gasteiger partial charge in [-0.25, -0.2) is 8.78 Å². The minimum atomic E-state index is -0.992. The molecule has 1 aliphatic heterocycles. The van der Waals surface area contributed by atoms with Gasteiger partial charge in [0.1, 0.15) is 23.2 Å². The number of amides is 2. The van der Waals surface area contributed by atoms with Crippen molar-refractivity contribution in [3.05, 3.63) is 69.8 Å². The second-order valence-electron chi connectivity index (χ2n) is 7.88. The number of hydrogen-bond donors (Lipinski definition) is 1. The van der Waals surface area contributed by atoms with Crippen molar-refractivity contribution in [2.24, 2.45) is 5.92 Å². The summed E-state index contributed by atoms with van der Waals surface area (Å²) in [6.07, 6.45) is 0. The van der Waals surface area contributed by atoms with Crippen molar-refractivity contribution >= 4 is 23.2 Å². The van der Waals surface area contributed by atoms with E-state index >= 15 is 0 Å². The normalized spacial score (nSPS) is 14.9. The summed E-state index contributed by atoms with van der Waals surface area (Å²) in [4.78, 5) is 39.5. The Labute approximate surface area is 184 Å². The molecule has 1 heterocycles. The van der Waals surface area contributed by atoms with E-state index in [0.717, 1.165) is 23.9 Å². The minimum absolute atomic E-state index is 0.00405. The van der Waals surface area contributed by atoms with Gasteiger partial charge in [0.25, 0.3) is 11.6 Å². The topological polar surface area (TPSA) is 95.8 Å². The lowest BCUT2D eigenvalue weighted by Crippen LogP contribution is -2.56. The second-order valence-corrected chi connectivity index (χ2v) is 7.88. The van der Waals surface area contributed by atoms with Crippen molar-refractivity contribution in [3.63, 3.8) is 0 Å². The fourth-order valence-electron chi connectivity index (χ4n) is 3.61. The third kappa shape index (κ3) is 5.01. The molecule has 1 saturated heterocycles. The highest BCUT2D eigenvalue weighted by Gasteiger charge is 2.32. The molecule has 1 atom stereocenters. The Kier molecular flexibility index (Phi) is 7.01. The molecule has 1 unspecified atom stereocenters. The van der Waals surface area contributed by atoms with Crippen molar-refractivity contribution in [2.75, 3.05) is 31.1 Å². The number of carbonyl (C=O) groups is 2. The molecule has 3 rings (SSSR count). The number of halogens is 2. The van der Waals surface area contributed by atoms with Gasteiger partial charge in [0, 0.05) is 44.0 Å². The summed E-state index contributed by atoms with van der Waals surface area (Å²) < 4.78 is 27.9. The van der Waals surface area contributed by atoms with E-state index in [9.17, 15) is 28.5 Å². The van der Waals surface area contributed by atoms with Crippen LogP contribution in [0.3, 0.4) is 0 Å². The van der Waals surface area contributed by atoms with Crippen molar-refractivity contribution < 1.29 is 23.3 Å². The van der Waals surface area contributed by atoms with Crippen LogP contribution >= 0.6 is 0 Å². The monoisotopic (exact) mass is 446 g/mol. The van der Waals surface area contributed by atoms with E-state index in [4.69, 9.17) is 0 Å². The van der Waals surface area contributed by atoms with Gasteiger partial charge in [-0.1, -0.05) is 19.9 Å². The predicted molar refractivity (Wildman–Crippen MR) is 114 cm³/mol. The first-order valence-corrected chi connectivity index (χ1v) is 10.2. The van der Waals surface area contributed by atoms with Gasteiger partial charge in [-0.15, -0.1) is 0 Å². The van der Waals surface area contributed by atoms with Crippen LogP contribution in [0.5, 0.6) is 0 Å². The lowest BCUT2D eigenvalue weighted by molar-refractivity contribution is -0.384. The van der Waals surface area contributed by atoms with E-state index in [0.29, 0.717) is 26.2 Å². The predicted octanol–water partition coefficient (Wildman–Crippen LogP) is 2.98. The Morgan fingerprint density at radius 2 is 1.56 bits per heavy atom. The average molecular weight is 446 g/mol. The van der Waals surface area contributed by atoms with Gasteiger partial charge in [0.05, 0.1) is 4.92 Å². The first-order valence-electron chi connectivity index (χ1n) is 10.2. The third-order valence-electron chi connectivity index (χ3n) is 5.43. The molecule has 2 amide bonds. The van der Waals surface area contributed by atoms with Crippen molar-refractivity contribution in [3.8, 4) is 0 Å². The van der Waals surface area contributed by atoms with Crippen LogP contribution in [0.1, 0.15) is 24.2 Å². The summed E-state index contributed by atoms with van der Waals surface area (Å²) in [5, 5.41) is 13.3. The third-order valence-corrected chi connectivity index (χ3v) is 5.43. The molecule has 0 spiro atoms. The molecule has 1 N–H and O–H groups in total. The van der Waals surface area contributed by atoms with Crippen LogP contribution in [0, 0.1) is 27.7 Å². The highest BCUT2D eigenvalue weighted by Crippen LogP contribution is 2.21. The van der Waals surface area contributed by atoms with Gasteiger partial charge in [-0.3, -0.25) is 19.7 Å². The standard InChI is InChI=1S/C22H24F2N4O4/c1-14(2)20(25-21(29)19-17(23)4-3-5-18(19)24)22(30)27-12-10-26(11-13-27)15-6-8-16(9-7-15)28(31)32/h3-9,14,20H,10-13H2,1-2H3,(H,25,29). The van der Waals surface area contributed by atoms with Crippen LogP contribution in [0.25, 0.3) is 0 Å². The Morgan fingerprint density at radius 1 is 1.00 bits per heavy atom. The quantitative estimate of drug-likeness (QED) is 0.544. The average Bonchev–Trinajstić information content (AvgIpc) is 2.77. The Balaban J connectivity index is 1.65. The summed E-state index contributed by atoms with van der Waals surface area (Å²) in [6.45, 7) is 5.25. The van der Waals surface area contributed by atoms with Gasteiger partial charge in [0.15, 0.2) is 0 Å². The first kappa shape index (κ1) is 23.1. The maximum absolute atomic E-state index is 13.9. The number of rotatable bonds is 6. The van der Waals surface area contributed by atoms with E-state index in [2.05, 4.69) is 5.32 Å². The number of carbonyl (C=O) groups excluding carboxylic acids is 2. The van der Waals surface area contributed by atoms with E-state index < -0.39 is 34.1 Å². The number of nitrogens with one attached hydrogen (secondary N) is 1. The number of benzene rings is 2. The lowest BCUT2D eigenvalue weighted by atomic mass is 10.0. The van der Waals surface area contributed by atoms with Gasteiger partial charge in [-0.2, -0.15) is 0 Å². The smallest absolute Gasteiger partial charge is 0.269 e. The van der Waals surface area contributed by atoms with Gasteiger partial charge < -0.3 is 15.1 Å². The number of anilines is 1. The fourth-order valence-corrected chi connectivity index (χ4v) is 3.61. The number of hydrogen-bond acceptors (Lipinski definition) is 5. The Hall–Kier alpha value is -3.56. The maximum atomic E-state index is 13.9. The van der Waals surface area contributed by atoms with Crippen LogP contribution < -0.4 is 10.2 Å². The van der Waals surface area contributed by atoms with Crippen LogP contribution in [-0.4, -0.2) is 53.9 Å². The van der Waals surface area contributed by atoms with E-state index in [-0.39, 0.29) is 17.5 Å². The van der Waals surface area contributed by atoms with Gasteiger partial charge in [0.2, 0.25) is 5.91 Å². The molecule has 10 heteroatoms. The largest absolute Gasteiger partial charge is 0.368 e. The molecule has 0 bridgehead atoms. The van der Waals surface area contributed by atoms with Crippen molar-refractivity contribution in [2.45, 2.75) is 19.9 Å². The Bertz CT molecular complexity index is 985. The zero-order valence-electron chi connectivity index (χ0n) is 17.8. The molecule has 1 aliphatic rings. The highest BCUT2D eigenvalue weighted by atomic mass is 19.1. The fraction of sp³-hybridized carbons (Fsp3) is 0.364. The number of nitro groups is 1. The molecule has 0 radical (unpaired) electrons. The molecular weight excluding hydrogens is 422 g/mol. The molecule has 0 aliphatic carbocycles. The number of nitro benzene ring substituents is 1. The van der Waals surface area contributed by atoms with Gasteiger partial charge in [-0.05, 0) is 30.2 Å². The van der Waals surface area contributed by atoms with Crippen molar-refractivity contribution in [1.82, 2.24) is 10.2 Å². The summed E-state index contributed by atoms with van der Waals surface area (Å²) in [5.74, 6) is -3.58. The van der Waals surface area contributed by atoms with E-state index in [1.54, 1.807) is 30.9 Å². The van der Waals surface area contributed by atoms with Crippen LogP contribution in [0.2, 0.25) is 0 Å². The van der Waals surface area contributed by atoms with E-state index in [1.807, 2.05) is 4.90 Å². The lowest BCUT2D eigenvalue weighted by Gasteiger charge is -2.38. The molecule has 0 aromatic heterocycles. The number of non-ortho nitro benzene ring substituents is 1. The van der Waals surface area contributed by atoms with E-state index in [1.165, 1.54) is 12.1 Å². The SMILES string of the molecule is CC(C)C(NC(=O)c1c(F)cccc1F)C(=O)N1CCN(c2ccc([N+](=O)[O-])cc2)CC1. The van der Waals surface area contributed by atoms with Crippen LogP contribution in [0.4, 0.5) is 20.2 Å². The summed E-state index contributed by atoms with van der Waals surface area (Å²) >= 11 is 0. The molecule has 1 fully saturated rings. The molecule has 8 nitrogen and oxygen atoms in total. The summed E-state index contributed by atoms with van der Waals surface area (Å²) in [7, 11) is 0.